The van der Waals surface area contributed by atoms with Crippen LogP contribution in [0.4, 0.5) is 0 Å². The highest BCUT2D eigenvalue weighted by molar-refractivity contribution is 5.59. The standard InChI is InChI=1S/C17H19N3O/c1-2-21-13-5-3-4-12(8-13)17-19-15-10-18-9-14(15)16(20-17)11-6-7-11/h3-5,8,11,18H,2,6-7,9-10H2,1H3. The predicted molar refractivity (Wildman–Crippen MR) is 81.2 cm³/mol. The van der Waals surface area contributed by atoms with Crippen LogP contribution in [0.3, 0.4) is 0 Å². The van der Waals surface area contributed by atoms with Crippen LogP contribution >= 0.6 is 0 Å². The van der Waals surface area contributed by atoms with Crippen molar-refractivity contribution in [1.82, 2.24) is 15.3 Å². The van der Waals surface area contributed by atoms with Gasteiger partial charge >= 0.3 is 0 Å². The molecule has 4 heteroatoms. The third kappa shape index (κ3) is 2.40. The summed E-state index contributed by atoms with van der Waals surface area (Å²) in [6, 6.07) is 8.07. The summed E-state index contributed by atoms with van der Waals surface area (Å²) in [7, 11) is 0. The van der Waals surface area contributed by atoms with E-state index in [1.54, 1.807) is 0 Å². The summed E-state index contributed by atoms with van der Waals surface area (Å²) in [5.74, 6) is 2.36. The van der Waals surface area contributed by atoms with Gasteiger partial charge in [-0.2, -0.15) is 0 Å². The van der Waals surface area contributed by atoms with Gasteiger partial charge in [0.25, 0.3) is 0 Å². The van der Waals surface area contributed by atoms with Crippen LogP contribution < -0.4 is 10.1 Å². The summed E-state index contributed by atoms with van der Waals surface area (Å²) in [5.41, 5.74) is 4.81. The molecule has 0 saturated heterocycles. The topological polar surface area (TPSA) is 47.0 Å². The van der Waals surface area contributed by atoms with Crippen LogP contribution in [0.25, 0.3) is 11.4 Å². The van der Waals surface area contributed by atoms with Crippen LogP contribution in [0.1, 0.15) is 42.6 Å². The molecule has 1 aromatic carbocycles. The van der Waals surface area contributed by atoms with Crippen LogP contribution in [0.2, 0.25) is 0 Å². The summed E-state index contributed by atoms with van der Waals surface area (Å²) >= 11 is 0. The third-order valence-electron chi connectivity index (χ3n) is 4.09. The summed E-state index contributed by atoms with van der Waals surface area (Å²) < 4.78 is 5.58. The molecule has 1 N–H and O–H groups in total. The van der Waals surface area contributed by atoms with Crippen molar-refractivity contribution < 1.29 is 4.74 Å². The summed E-state index contributed by atoms with van der Waals surface area (Å²) in [6.07, 6.45) is 2.53. The van der Waals surface area contributed by atoms with Crippen LogP contribution in [-0.2, 0) is 13.1 Å². The van der Waals surface area contributed by atoms with E-state index in [1.807, 2.05) is 25.1 Å². The van der Waals surface area contributed by atoms with E-state index < -0.39 is 0 Å². The second-order valence-electron chi connectivity index (χ2n) is 5.70. The number of fused-ring (bicyclic) bond motifs is 1. The zero-order chi connectivity index (χ0) is 14.2. The molecule has 4 rings (SSSR count). The predicted octanol–water partition coefficient (Wildman–Crippen LogP) is 3.02. The minimum atomic E-state index is 0.649. The Kier molecular flexibility index (Phi) is 3.11. The van der Waals surface area contributed by atoms with Crippen molar-refractivity contribution in [1.29, 1.82) is 0 Å². The van der Waals surface area contributed by atoms with E-state index in [4.69, 9.17) is 14.7 Å². The van der Waals surface area contributed by atoms with Gasteiger partial charge < -0.3 is 10.1 Å². The van der Waals surface area contributed by atoms with Gasteiger partial charge in [0.1, 0.15) is 5.75 Å². The zero-order valence-electron chi connectivity index (χ0n) is 12.2. The molecule has 0 amide bonds. The number of hydrogen-bond acceptors (Lipinski definition) is 4. The van der Waals surface area contributed by atoms with E-state index in [2.05, 4.69) is 11.4 Å². The lowest BCUT2D eigenvalue weighted by molar-refractivity contribution is 0.340. The van der Waals surface area contributed by atoms with Crippen LogP contribution in [0.5, 0.6) is 5.75 Å². The van der Waals surface area contributed by atoms with E-state index in [1.165, 1.54) is 29.8 Å². The number of rotatable bonds is 4. The van der Waals surface area contributed by atoms with Crippen molar-refractivity contribution in [3.63, 3.8) is 0 Å². The number of ether oxygens (including phenoxy) is 1. The highest BCUT2D eigenvalue weighted by Gasteiger charge is 2.31. The average molecular weight is 281 g/mol. The molecule has 1 aliphatic heterocycles. The second kappa shape index (κ2) is 5.11. The normalized spacial score (nSPS) is 16.8. The van der Waals surface area contributed by atoms with E-state index >= 15 is 0 Å². The minimum absolute atomic E-state index is 0.649. The monoisotopic (exact) mass is 281 g/mol. The average Bonchev–Trinajstić information content (AvgIpc) is 3.24. The molecule has 1 aliphatic carbocycles. The lowest BCUT2D eigenvalue weighted by atomic mass is 10.1. The molecule has 4 nitrogen and oxygen atoms in total. The smallest absolute Gasteiger partial charge is 0.159 e. The number of aromatic nitrogens is 2. The Balaban J connectivity index is 1.78. The number of benzene rings is 1. The maximum absolute atomic E-state index is 5.58. The van der Waals surface area contributed by atoms with Gasteiger partial charge in [-0.15, -0.1) is 0 Å². The fourth-order valence-electron chi connectivity index (χ4n) is 2.91. The Bertz CT molecular complexity index is 680. The van der Waals surface area contributed by atoms with E-state index in [0.717, 1.165) is 30.2 Å². The zero-order valence-corrected chi connectivity index (χ0v) is 12.2. The van der Waals surface area contributed by atoms with Gasteiger partial charge in [-0.25, -0.2) is 9.97 Å². The molecule has 2 heterocycles. The lowest BCUT2D eigenvalue weighted by Crippen LogP contribution is -2.03. The molecule has 1 aromatic heterocycles. The van der Waals surface area contributed by atoms with Crippen molar-refractivity contribution in [2.75, 3.05) is 6.61 Å². The molecule has 0 spiro atoms. The molecule has 108 valence electrons. The molecule has 1 saturated carbocycles. The molecule has 2 aliphatic rings. The summed E-state index contributed by atoms with van der Waals surface area (Å²) in [5, 5.41) is 3.39. The first-order valence-corrected chi connectivity index (χ1v) is 7.69. The van der Waals surface area contributed by atoms with Gasteiger partial charge in [-0.05, 0) is 31.9 Å². The van der Waals surface area contributed by atoms with Gasteiger partial charge in [0.05, 0.1) is 18.0 Å². The Morgan fingerprint density at radius 1 is 1.24 bits per heavy atom. The Labute approximate surface area is 124 Å². The molecule has 0 unspecified atom stereocenters. The van der Waals surface area contributed by atoms with Gasteiger partial charge in [0.2, 0.25) is 0 Å². The van der Waals surface area contributed by atoms with E-state index in [9.17, 15) is 0 Å². The summed E-state index contributed by atoms with van der Waals surface area (Å²) in [4.78, 5) is 9.64. The number of nitrogens with zero attached hydrogens (tertiary/aromatic N) is 2. The van der Waals surface area contributed by atoms with Crippen LogP contribution in [0, 0.1) is 0 Å². The molecular formula is C17H19N3O. The van der Waals surface area contributed by atoms with Crippen LogP contribution in [-0.4, -0.2) is 16.6 Å². The highest BCUT2D eigenvalue weighted by atomic mass is 16.5. The molecular weight excluding hydrogens is 262 g/mol. The Morgan fingerprint density at radius 2 is 2.14 bits per heavy atom. The van der Waals surface area contributed by atoms with Gasteiger partial charge in [0.15, 0.2) is 5.82 Å². The van der Waals surface area contributed by atoms with Gasteiger partial charge in [-0.1, -0.05) is 12.1 Å². The molecule has 0 bridgehead atoms. The first-order chi connectivity index (χ1) is 10.3. The molecule has 0 atom stereocenters. The Hall–Kier alpha value is -1.94. The molecule has 1 fully saturated rings. The van der Waals surface area contributed by atoms with Crippen molar-refractivity contribution in [2.24, 2.45) is 0 Å². The SMILES string of the molecule is CCOc1cccc(-c2nc3c(c(C4CC4)n2)CNC3)c1. The third-order valence-corrected chi connectivity index (χ3v) is 4.09. The lowest BCUT2D eigenvalue weighted by Gasteiger charge is -2.10. The minimum Gasteiger partial charge on any atom is -0.494 e. The molecule has 21 heavy (non-hydrogen) atoms. The number of hydrogen-bond donors (Lipinski definition) is 1. The largest absolute Gasteiger partial charge is 0.494 e. The fourth-order valence-corrected chi connectivity index (χ4v) is 2.91. The quantitative estimate of drug-likeness (QED) is 0.935. The number of nitrogens with one attached hydrogen (secondary N) is 1. The fraction of sp³-hybridized carbons (Fsp3) is 0.412. The Morgan fingerprint density at radius 3 is 2.95 bits per heavy atom. The molecule has 0 radical (unpaired) electrons. The van der Waals surface area contributed by atoms with Crippen LogP contribution in [0.15, 0.2) is 24.3 Å². The van der Waals surface area contributed by atoms with E-state index in [-0.39, 0.29) is 0 Å². The maximum atomic E-state index is 5.58. The van der Waals surface area contributed by atoms with Crippen molar-refractivity contribution in [3.05, 3.63) is 41.2 Å². The first kappa shape index (κ1) is 12.8. The maximum Gasteiger partial charge on any atom is 0.159 e. The highest BCUT2D eigenvalue weighted by Crippen LogP contribution is 2.42. The van der Waals surface area contributed by atoms with Crippen molar-refractivity contribution >= 4 is 0 Å². The van der Waals surface area contributed by atoms with Crippen molar-refractivity contribution in [3.8, 4) is 17.1 Å². The van der Waals surface area contributed by atoms with E-state index in [0.29, 0.717) is 12.5 Å². The first-order valence-electron chi connectivity index (χ1n) is 7.69. The van der Waals surface area contributed by atoms with Gasteiger partial charge in [-0.3, -0.25) is 0 Å². The van der Waals surface area contributed by atoms with Gasteiger partial charge in [0, 0.05) is 30.1 Å². The second-order valence-corrected chi connectivity index (χ2v) is 5.70. The van der Waals surface area contributed by atoms with Crippen molar-refractivity contribution in [2.45, 2.75) is 38.8 Å². The molecule has 2 aromatic rings. The summed E-state index contributed by atoms with van der Waals surface area (Å²) in [6.45, 7) is 4.44.